The average Bonchev–Trinajstić information content (AvgIpc) is 2.67. The maximum atomic E-state index is 5.61. The topological polar surface area (TPSA) is 38.9 Å². The van der Waals surface area contributed by atoms with Crippen LogP contribution in [0.3, 0.4) is 0 Å². The predicted molar refractivity (Wildman–Crippen MR) is 66.6 cm³/mol. The number of alkyl halides is 1. The molecule has 0 aliphatic rings. The van der Waals surface area contributed by atoms with Gasteiger partial charge < -0.3 is 4.52 Å². The molecule has 0 bridgehead atoms. The third-order valence-electron chi connectivity index (χ3n) is 2.14. The molecular weight excluding hydrogens is 291 g/mol. The first kappa shape index (κ1) is 11.6. The smallest absolute Gasteiger partial charge is 0.228 e. The van der Waals surface area contributed by atoms with Crippen molar-refractivity contribution in [2.24, 2.45) is 0 Å². The van der Waals surface area contributed by atoms with E-state index in [2.05, 4.69) is 26.1 Å². The lowest BCUT2D eigenvalue weighted by molar-refractivity contribution is 0.383. The number of aromatic nitrogens is 2. The molecule has 1 aromatic heterocycles. The molecule has 0 atom stereocenters. The zero-order valence-electron chi connectivity index (χ0n) is 8.70. The van der Waals surface area contributed by atoms with E-state index in [0.29, 0.717) is 24.0 Å². The van der Waals surface area contributed by atoms with Gasteiger partial charge in [-0.3, -0.25) is 0 Å². The fourth-order valence-corrected chi connectivity index (χ4v) is 2.18. The molecule has 0 saturated heterocycles. The van der Waals surface area contributed by atoms with Crippen LogP contribution in [0.1, 0.15) is 11.5 Å². The van der Waals surface area contributed by atoms with Crippen LogP contribution in [0.4, 0.5) is 0 Å². The third kappa shape index (κ3) is 2.44. The summed E-state index contributed by atoms with van der Waals surface area (Å²) in [7, 11) is 0. The maximum absolute atomic E-state index is 5.61. The first-order chi connectivity index (χ1) is 7.70. The van der Waals surface area contributed by atoms with Crippen LogP contribution in [0.5, 0.6) is 0 Å². The Labute approximate surface area is 107 Å². The van der Waals surface area contributed by atoms with Gasteiger partial charge in [0.05, 0.1) is 0 Å². The van der Waals surface area contributed by atoms with Gasteiger partial charge in [0.1, 0.15) is 0 Å². The number of aryl methyl sites for hydroxylation is 2. The molecule has 0 amide bonds. The summed E-state index contributed by atoms with van der Waals surface area (Å²) in [6, 6.07) is 6.00. The molecule has 0 fully saturated rings. The molecule has 2 aromatic rings. The lowest BCUT2D eigenvalue weighted by Gasteiger charge is -1.99. The van der Waals surface area contributed by atoms with E-state index in [9.17, 15) is 0 Å². The molecule has 0 aliphatic carbocycles. The SMILES string of the molecule is Cc1ccc(-c2noc(CCCl)n2)c(Br)c1. The molecule has 0 unspecified atom stereocenters. The van der Waals surface area contributed by atoms with Crippen molar-refractivity contribution >= 4 is 27.5 Å². The van der Waals surface area contributed by atoms with Crippen molar-refractivity contribution in [1.29, 1.82) is 0 Å². The second-order valence-corrected chi connectivity index (χ2v) is 4.67. The van der Waals surface area contributed by atoms with Gasteiger partial charge in [0.25, 0.3) is 0 Å². The van der Waals surface area contributed by atoms with Crippen LogP contribution in [0.2, 0.25) is 0 Å². The van der Waals surface area contributed by atoms with E-state index in [1.165, 1.54) is 5.56 Å². The molecule has 5 heteroatoms. The molecular formula is C11H10BrClN2O. The summed E-state index contributed by atoms with van der Waals surface area (Å²) in [4.78, 5) is 4.27. The van der Waals surface area contributed by atoms with Gasteiger partial charge in [0.15, 0.2) is 0 Å². The Balaban J connectivity index is 2.35. The zero-order chi connectivity index (χ0) is 11.5. The predicted octanol–water partition coefficient (Wildman–Crippen LogP) is 3.59. The first-order valence-corrected chi connectivity index (χ1v) is 6.18. The number of benzene rings is 1. The highest BCUT2D eigenvalue weighted by Gasteiger charge is 2.10. The minimum absolute atomic E-state index is 0.483. The van der Waals surface area contributed by atoms with Gasteiger partial charge in [-0.05, 0) is 24.6 Å². The summed E-state index contributed by atoms with van der Waals surface area (Å²) in [5.41, 5.74) is 2.11. The molecule has 0 radical (unpaired) electrons. The molecule has 0 aliphatic heterocycles. The fourth-order valence-electron chi connectivity index (χ4n) is 1.35. The minimum Gasteiger partial charge on any atom is -0.339 e. The lowest BCUT2D eigenvalue weighted by atomic mass is 10.1. The summed E-state index contributed by atoms with van der Waals surface area (Å²) in [5.74, 6) is 1.64. The Morgan fingerprint density at radius 1 is 1.44 bits per heavy atom. The number of hydrogen-bond donors (Lipinski definition) is 0. The summed E-state index contributed by atoms with van der Waals surface area (Å²) in [6.45, 7) is 2.03. The van der Waals surface area contributed by atoms with Crippen molar-refractivity contribution in [2.75, 3.05) is 5.88 Å². The number of nitrogens with zero attached hydrogens (tertiary/aromatic N) is 2. The van der Waals surface area contributed by atoms with Crippen LogP contribution in [-0.4, -0.2) is 16.0 Å². The van der Waals surface area contributed by atoms with E-state index in [1.807, 2.05) is 25.1 Å². The van der Waals surface area contributed by atoms with Crippen LogP contribution in [-0.2, 0) is 6.42 Å². The van der Waals surface area contributed by atoms with Crippen LogP contribution in [0, 0.1) is 6.92 Å². The fraction of sp³-hybridized carbons (Fsp3) is 0.273. The van der Waals surface area contributed by atoms with Gasteiger partial charge in [-0.1, -0.05) is 27.2 Å². The van der Waals surface area contributed by atoms with E-state index in [-0.39, 0.29) is 0 Å². The number of halogens is 2. The molecule has 16 heavy (non-hydrogen) atoms. The molecule has 3 nitrogen and oxygen atoms in total. The van der Waals surface area contributed by atoms with Gasteiger partial charge in [-0.2, -0.15) is 4.98 Å². The Bertz CT molecular complexity index is 498. The zero-order valence-corrected chi connectivity index (χ0v) is 11.0. The second kappa shape index (κ2) is 4.97. The molecule has 84 valence electrons. The standard InChI is InChI=1S/C11H10BrClN2O/c1-7-2-3-8(9(12)6-7)11-14-10(4-5-13)16-15-11/h2-3,6H,4-5H2,1H3. The van der Waals surface area contributed by atoms with Gasteiger partial charge in [0.2, 0.25) is 11.7 Å². The summed E-state index contributed by atoms with van der Waals surface area (Å²) in [6.07, 6.45) is 0.595. The highest BCUT2D eigenvalue weighted by Crippen LogP contribution is 2.26. The second-order valence-electron chi connectivity index (χ2n) is 3.43. The molecule has 1 heterocycles. The van der Waals surface area contributed by atoms with Crippen LogP contribution >= 0.6 is 27.5 Å². The normalized spacial score (nSPS) is 10.7. The minimum atomic E-state index is 0.483. The Morgan fingerprint density at radius 3 is 2.94 bits per heavy atom. The summed E-state index contributed by atoms with van der Waals surface area (Å²) < 4.78 is 6.04. The van der Waals surface area contributed by atoms with Crippen molar-refractivity contribution in [2.45, 2.75) is 13.3 Å². The van der Waals surface area contributed by atoms with E-state index in [0.717, 1.165) is 10.0 Å². The highest BCUT2D eigenvalue weighted by atomic mass is 79.9. The molecule has 0 saturated carbocycles. The maximum Gasteiger partial charge on any atom is 0.228 e. The number of rotatable bonds is 3. The molecule has 1 aromatic carbocycles. The summed E-state index contributed by atoms with van der Waals surface area (Å²) >= 11 is 9.09. The Hall–Kier alpha value is -0.870. The molecule has 2 rings (SSSR count). The van der Waals surface area contributed by atoms with E-state index in [4.69, 9.17) is 16.1 Å². The van der Waals surface area contributed by atoms with Crippen molar-refractivity contribution in [3.8, 4) is 11.4 Å². The molecule has 0 spiro atoms. The lowest BCUT2D eigenvalue weighted by Crippen LogP contribution is -1.87. The third-order valence-corrected chi connectivity index (χ3v) is 2.99. The van der Waals surface area contributed by atoms with E-state index < -0.39 is 0 Å². The van der Waals surface area contributed by atoms with Gasteiger partial charge in [-0.15, -0.1) is 11.6 Å². The Kier molecular flexibility index (Phi) is 3.61. The van der Waals surface area contributed by atoms with Crippen molar-refractivity contribution in [3.63, 3.8) is 0 Å². The highest BCUT2D eigenvalue weighted by molar-refractivity contribution is 9.10. The van der Waals surface area contributed by atoms with Crippen LogP contribution in [0.15, 0.2) is 27.2 Å². The van der Waals surface area contributed by atoms with Gasteiger partial charge >= 0.3 is 0 Å². The van der Waals surface area contributed by atoms with E-state index in [1.54, 1.807) is 0 Å². The van der Waals surface area contributed by atoms with Crippen molar-refractivity contribution in [3.05, 3.63) is 34.1 Å². The average molecular weight is 302 g/mol. The van der Waals surface area contributed by atoms with Crippen molar-refractivity contribution in [1.82, 2.24) is 10.1 Å². The van der Waals surface area contributed by atoms with Crippen LogP contribution < -0.4 is 0 Å². The van der Waals surface area contributed by atoms with Crippen LogP contribution in [0.25, 0.3) is 11.4 Å². The summed E-state index contributed by atoms with van der Waals surface area (Å²) in [5, 5.41) is 3.92. The number of hydrogen-bond acceptors (Lipinski definition) is 3. The molecule has 0 N–H and O–H groups in total. The monoisotopic (exact) mass is 300 g/mol. The largest absolute Gasteiger partial charge is 0.339 e. The Morgan fingerprint density at radius 2 is 2.25 bits per heavy atom. The van der Waals surface area contributed by atoms with Crippen molar-refractivity contribution < 1.29 is 4.52 Å². The van der Waals surface area contributed by atoms with Gasteiger partial charge in [0, 0.05) is 22.3 Å². The quantitative estimate of drug-likeness (QED) is 0.813. The van der Waals surface area contributed by atoms with E-state index >= 15 is 0 Å². The first-order valence-electron chi connectivity index (χ1n) is 4.86. The van der Waals surface area contributed by atoms with Gasteiger partial charge in [-0.25, -0.2) is 0 Å².